The predicted octanol–water partition coefficient (Wildman–Crippen LogP) is -2.91. The van der Waals surface area contributed by atoms with E-state index in [0.717, 1.165) is 0 Å². The number of aliphatic carboxylic acids is 1. The van der Waals surface area contributed by atoms with Crippen LogP contribution in [0.25, 0.3) is 0 Å². The molecule has 1 heterocycles. The summed E-state index contributed by atoms with van der Waals surface area (Å²) < 4.78 is 4.64. The molecule has 0 spiro atoms. The molecule has 0 aromatic heterocycles. The highest BCUT2D eigenvalue weighted by molar-refractivity contribution is 5.94. The standard InChI is InChI=1S/C8H13NO8/c10-2-4(11)6-5(12)3(9-16)1-8(15,17-6)7(13)14/h4-6,10-12,15-16H,1-2H2,(H,13,14)/b9-3+/t4-,5-,6-,8-/m1/s1. The highest BCUT2D eigenvalue weighted by atomic mass is 16.7. The Morgan fingerprint density at radius 2 is 2.24 bits per heavy atom. The number of carboxylic acids is 1. The first-order valence-electron chi connectivity index (χ1n) is 4.67. The van der Waals surface area contributed by atoms with Crippen molar-refractivity contribution in [1.29, 1.82) is 0 Å². The summed E-state index contributed by atoms with van der Waals surface area (Å²) in [6.07, 6.45) is -5.62. The monoisotopic (exact) mass is 251 g/mol. The van der Waals surface area contributed by atoms with Crippen LogP contribution in [0, 0.1) is 0 Å². The highest BCUT2D eigenvalue weighted by Crippen LogP contribution is 2.27. The van der Waals surface area contributed by atoms with Gasteiger partial charge in [-0.1, -0.05) is 5.16 Å². The molecular weight excluding hydrogens is 238 g/mol. The van der Waals surface area contributed by atoms with Gasteiger partial charge in [-0.3, -0.25) is 0 Å². The van der Waals surface area contributed by atoms with Crippen molar-refractivity contribution < 1.29 is 40.3 Å². The Morgan fingerprint density at radius 3 is 2.65 bits per heavy atom. The fraction of sp³-hybridized carbons (Fsp3) is 0.750. The van der Waals surface area contributed by atoms with E-state index in [9.17, 15) is 20.1 Å². The van der Waals surface area contributed by atoms with Crippen LogP contribution in [0.4, 0.5) is 0 Å². The van der Waals surface area contributed by atoms with Crippen molar-refractivity contribution in [3.05, 3.63) is 0 Å². The number of aliphatic hydroxyl groups excluding tert-OH is 3. The molecule has 0 aliphatic carbocycles. The first-order chi connectivity index (χ1) is 7.85. The number of rotatable bonds is 3. The van der Waals surface area contributed by atoms with E-state index in [4.69, 9.17) is 15.4 Å². The molecule has 9 nitrogen and oxygen atoms in total. The average molecular weight is 251 g/mol. The van der Waals surface area contributed by atoms with Gasteiger partial charge in [-0.25, -0.2) is 4.79 Å². The maximum atomic E-state index is 10.8. The molecule has 0 unspecified atom stereocenters. The zero-order chi connectivity index (χ0) is 13.2. The minimum absolute atomic E-state index is 0.460. The highest BCUT2D eigenvalue weighted by Gasteiger charge is 2.51. The number of carboxylic acid groups (broad SMARTS) is 1. The zero-order valence-corrected chi connectivity index (χ0v) is 8.59. The van der Waals surface area contributed by atoms with Gasteiger partial charge in [0.05, 0.1) is 18.7 Å². The number of aliphatic hydroxyl groups is 4. The maximum Gasteiger partial charge on any atom is 0.364 e. The lowest BCUT2D eigenvalue weighted by Crippen LogP contribution is -2.60. The second-order valence-electron chi connectivity index (χ2n) is 3.63. The van der Waals surface area contributed by atoms with E-state index in [2.05, 4.69) is 9.89 Å². The third-order valence-corrected chi connectivity index (χ3v) is 2.43. The van der Waals surface area contributed by atoms with Gasteiger partial charge in [0.25, 0.3) is 5.79 Å². The van der Waals surface area contributed by atoms with Gasteiger partial charge in [0, 0.05) is 0 Å². The van der Waals surface area contributed by atoms with Crippen LogP contribution in [0.5, 0.6) is 0 Å². The van der Waals surface area contributed by atoms with Crippen LogP contribution in [0.15, 0.2) is 5.16 Å². The van der Waals surface area contributed by atoms with Gasteiger partial charge in [-0.05, 0) is 0 Å². The Kier molecular flexibility index (Phi) is 4.01. The molecule has 0 saturated carbocycles. The van der Waals surface area contributed by atoms with Crippen molar-refractivity contribution in [1.82, 2.24) is 0 Å². The van der Waals surface area contributed by atoms with Crippen molar-refractivity contribution in [3.8, 4) is 0 Å². The molecule has 1 rings (SSSR count). The van der Waals surface area contributed by atoms with Gasteiger partial charge < -0.3 is 35.5 Å². The molecule has 4 atom stereocenters. The summed E-state index contributed by atoms with van der Waals surface area (Å²) in [5, 5.41) is 57.1. The fourth-order valence-electron chi connectivity index (χ4n) is 1.48. The SMILES string of the molecule is O=C(O)[C@@]1(O)C/C(=N\O)[C@@H](O)[C@@H]([C@H](O)CO)O1. The molecule has 0 aromatic carbocycles. The van der Waals surface area contributed by atoms with Crippen LogP contribution in [0.3, 0.4) is 0 Å². The molecule has 0 bridgehead atoms. The van der Waals surface area contributed by atoms with E-state index in [1.165, 1.54) is 0 Å². The van der Waals surface area contributed by atoms with E-state index >= 15 is 0 Å². The number of hydrogen-bond donors (Lipinski definition) is 6. The topological polar surface area (TPSA) is 160 Å². The molecule has 9 heteroatoms. The number of nitrogens with zero attached hydrogens (tertiary/aromatic N) is 1. The van der Waals surface area contributed by atoms with Crippen molar-refractivity contribution in [3.63, 3.8) is 0 Å². The fourth-order valence-corrected chi connectivity index (χ4v) is 1.48. The zero-order valence-electron chi connectivity index (χ0n) is 8.59. The third-order valence-electron chi connectivity index (χ3n) is 2.43. The van der Waals surface area contributed by atoms with Gasteiger partial charge in [0.15, 0.2) is 0 Å². The number of hydrogen-bond acceptors (Lipinski definition) is 8. The lowest BCUT2D eigenvalue weighted by Gasteiger charge is -2.38. The van der Waals surface area contributed by atoms with Gasteiger partial charge in [-0.15, -0.1) is 0 Å². The van der Waals surface area contributed by atoms with Crippen molar-refractivity contribution in [2.45, 2.75) is 30.5 Å². The lowest BCUT2D eigenvalue weighted by atomic mass is 9.93. The normalized spacial score (nSPS) is 38.0. The Morgan fingerprint density at radius 1 is 1.65 bits per heavy atom. The number of oxime groups is 1. The van der Waals surface area contributed by atoms with Gasteiger partial charge >= 0.3 is 5.97 Å². The maximum absolute atomic E-state index is 10.8. The summed E-state index contributed by atoms with van der Waals surface area (Å²) >= 11 is 0. The molecule has 1 aliphatic heterocycles. The Labute approximate surface area is 95.2 Å². The van der Waals surface area contributed by atoms with E-state index in [0.29, 0.717) is 0 Å². The van der Waals surface area contributed by atoms with Crippen molar-refractivity contribution >= 4 is 11.7 Å². The number of ether oxygens (including phenoxy) is 1. The second kappa shape index (κ2) is 4.94. The third kappa shape index (κ3) is 2.53. The minimum atomic E-state index is -2.72. The van der Waals surface area contributed by atoms with E-state index in [-0.39, 0.29) is 0 Å². The van der Waals surface area contributed by atoms with E-state index < -0.39 is 48.8 Å². The Bertz CT molecular complexity index is 331. The summed E-state index contributed by atoms with van der Waals surface area (Å²) in [4.78, 5) is 10.8. The Hall–Kier alpha value is -1.26. The van der Waals surface area contributed by atoms with Crippen LogP contribution < -0.4 is 0 Å². The second-order valence-corrected chi connectivity index (χ2v) is 3.63. The average Bonchev–Trinajstić information content (AvgIpc) is 2.30. The largest absolute Gasteiger partial charge is 0.477 e. The predicted molar refractivity (Wildman–Crippen MR) is 50.4 cm³/mol. The van der Waals surface area contributed by atoms with Crippen LogP contribution >= 0.6 is 0 Å². The molecule has 1 saturated heterocycles. The lowest BCUT2D eigenvalue weighted by molar-refractivity contribution is -0.268. The van der Waals surface area contributed by atoms with Crippen LogP contribution in [-0.4, -0.2) is 73.1 Å². The van der Waals surface area contributed by atoms with Crippen LogP contribution in [0.1, 0.15) is 6.42 Å². The van der Waals surface area contributed by atoms with Crippen LogP contribution in [0.2, 0.25) is 0 Å². The minimum Gasteiger partial charge on any atom is -0.477 e. The summed E-state index contributed by atoms with van der Waals surface area (Å²) in [7, 11) is 0. The summed E-state index contributed by atoms with van der Waals surface area (Å²) in [6, 6.07) is 0. The molecule has 0 amide bonds. The molecule has 0 radical (unpaired) electrons. The van der Waals surface area contributed by atoms with Gasteiger partial charge in [0.2, 0.25) is 0 Å². The number of carbonyl (C=O) groups is 1. The molecule has 98 valence electrons. The van der Waals surface area contributed by atoms with E-state index in [1.807, 2.05) is 0 Å². The molecule has 1 fully saturated rings. The smallest absolute Gasteiger partial charge is 0.364 e. The van der Waals surface area contributed by atoms with Gasteiger partial charge in [0.1, 0.15) is 18.3 Å². The van der Waals surface area contributed by atoms with Crippen molar-refractivity contribution in [2.24, 2.45) is 5.16 Å². The quantitative estimate of drug-likeness (QED) is 0.230. The molecule has 1 aliphatic rings. The summed E-state index contributed by atoms with van der Waals surface area (Å²) in [5.41, 5.74) is -0.460. The Balaban J connectivity index is 3.03. The molecule has 6 N–H and O–H groups in total. The first kappa shape index (κ1) is 13.8. The molecule has 0 aromatic rings. The summed E-state index contributed by atoms with van der Waals surface area (Å²) in [6.45, 7) is -0.823. The van der Waals surface area contributed by atoms with E-state index in [1.54, 1.807) is 0 Å². The summed E-state index contributed by atoms with van der Waals surface area (Å²) in [5.74, 6) is -4.48. The van der Waals surface area contributed by atoms with Gasteiger partial charge in [-0.2, -0.15) is 0 Å². The van der Waals surface area contributed by atoms with Crippen LogP contribution in [-0.2, 0) is 9.53 Å². The van der Waals surface area contributed by atoms with Crippen molar-refractivity contribution in [2.75, 3.05) is 6.61 Å². The molecular formula is C8H13NO8. The molecule has 17 heavy (non-hydrogen) atoms. The first-order valence-corrected chi connectivity index (χ1v) is 4.67.